The van der Waals surface area contributed by atoms with E-state index in [1.807, 2.05) is 7.05 Å². The molecule has 0 aliphatic carbocycles. The zero-order chi connectivity index (χ0) is 13.1. The normalized spacial score (nSPS) is 10.7. The van der Waals surface area contributed by atoms with Crippen LogP contribution in [0.3, 0.4) is 0 Å². The highest BCUT2D eigenvalue weighted by atomic mass is 127. The van der Waals surface area contributed by atoms with Gasteiger partial charge in [-0.2, -0.15) is 0 Å². The molecule has 0 aliphatic heterocycles. The van der Waals surface area contributed by atoms with E-state index >= 15 is 0 Å². The summed E-state index contributed by atoms with van der Waals surface area (Å²) in [4.78, 5) is 17.4. The molecule has 0 unspecified atom stereocenters. The van der Waals surface area contributed by atoms with Gasteiger partial charge in [0.2, 0.25) is 0 Å². The maximum Gasteiger partial charge on any atom is 0.200 e. The van der Waals surface area contributed by atoms with Crippen LogP contribution >= 0.6 is 22.6 Å². The summed E-state index contributed by atoms with van der Waals surface area (Å²) in [5, 5.41) is 3.09. The van der Waals surface area contributed by atoms with Crippen LogP contribution in [0.1, 0.15) is 25.5 Å². The molecule has 0 aliphatic rings. The molecule has 0 spiro atoms. The van der Waals surface area contributed by atoms with E-state index < -0.39 is 0 Å². The summed E-state index contributed by atoms with van der Waals surface area (Å²) in [6, 6.07) is 1.78. The van der Waals surface area contributed by atoms with Crippen molar-refractivity contribution in [3.63, 3.8) is 0 Å². The van der Waals surface area contributed by atoms with E-state index in [1.165, 1.54) is 0 Å². The third-order valence-corrected chi connectivity index (χ3v) is 3.49. The van der Waals surface area contributed by atoms with Gasteiger partial charge in [-0.15, -0.1) is 0 Å². The van der Waals surface area contributed by atoms with Gasteiger partial charge in [0.15, 0.2) is 11.6 Å². The van der Waals surface area contributed by atoms with Crippen LogP contribution in [0.5, 0.6) is 0 Å². The first-order chi connectivity index (χ1) is 8.63. The molecule has 0 bridgehead atoms. The highest BCUT2D eigenvalue weighted by molar-refractivity contribution is 14.1. The van der Waals surface area contributed by atoms with Crippen LogP contribution in [-0.2, 0) is 0 Å². The molecule has 0 saturated heterocycles. The molecule has 5 nitrogen and oxygen atoms in total. The number of aromatic nitrogens is 4. The molecule has 0 fully saturated rings. The van der Waals surface area contributed by atoms with Crippen LogP contribution in [0.4, 0.5) is 5.82 Å². The fourth-order valence-corrected chi connectivity index (χ4v) is 2.66. The summed E-state index contributed by atoms with van der Waals surface area (Å²) in [7, 11) is 1.85. The second-order valence-corrected chi connectivity index (χ2v) is 5.15. The zero-order valence-corrected chi connectivity index (χ0v) is 12.6. The topological polar surface area (TPSA) is 63.6 Å². The molecular weight excluding hydrogens is 341 g/mol. The molecular formula is C12H14IN5. The van der Waals surface area contributed by atoms with Crippen LogP contribution in [0.25, 0.3) is 11.6 Å². The number of nitrogens with one attached hydrogen (secondary N) is 1. The molecule has 0 saturated carbocycles. The molecule has 0 amide bonds. The molecule has 0 atom stereocenters. The Hall–Kier alpha value is -1.31. The minimum Gasteiger partial charge on any atom is -0.372 e. The summed E-state index contributed by atoms with van der Waals surface area (Å²) in [6.07, 6.45) is 3.38. The Labute approximate surface area is 120 Å². The number of hydrogen-bond acceptors (Lipinski definition) is 5. The first kappa shape index (κ1) is 13.1. The van der Waals surface area contributed by atoms with Gasteiger partial charge in [0, 0.05) is 19.4 Å². The van der Waals surface area contributed by atoms with Gasteiger partial charge in [-0.25, -0.2) is 19.9 Å². The molecule has 2 rings (SSSR count). The van der Waals surface area contributed by atoms with E-state index in [4.69, 9.17) is 0 Å². The number of halogens is 1. The van der Waals surface area contributed by atoms with Crippen molar-refractivity contribution >= 4 is 28.4 Å². The standard InChI is InChI=1S/C12H14IN5/c1-7(2)9-8(13)10(14-3)18-12(17-9)11-15-5-4-6-16-11/h4-7H,1-3H3,(H,14,17,18). The molecule has 6 heteroatoms. The summed E-state index contributed by atoms with van der Waals surface area (Å²) in [5.41, 5.74) is 1.01. The monoisotopic (exact) mass is 355 g/mol. The minimum atomic E-state index is 0.328. The number of rotatable bonds is 3. The van der Waals surface area contributed by atoms with Crippen molar-refractivity contribution in [1.82, 2.24) is 19.9 Å². The average Bonchev–Trinajstić information content (AvgIpc) is 2.39. The lowest BCUT2D eigenvalue weighted by Crippen LogP contribution is -2.07. The summed E-state index contributed by atoms with van der Waals surface area (Å²) < 4.78 is 1.05. The molecule has 2 aromatic rings. The average molecular weight is 355 g/mol. The van der Waals surface area contributed by atoms with Crippen LogP contribution in [-0.4, -0.2) is 27.0 Å². The van der Waals surface area contributed by atoms with E-state index in [0.29, 0.717) is 17.6 Å². The van der Waals surface area contributed by atoms with Crippen molar-refractivity contribution in [2.75, 3.05) is 12.4 Å². The highest BCUT2D eigenvalue weighted by Gasteiger charge is 2.16. The van der Waals surface area contributed by atoms with E-state index in [1.54, 1.807) is 18.5 Å². The Morgan fingerprint density at radius 1 is 1.11 bits per heavy atom. The molecule has 2 aromatic heterocycles. The fraction of sp³-hybridized carbons (Fsp3) is 0.333. The van der Waals surface area contributed by atoms with E-state index in [9.17, 15) is 0 Å². The SMILES string of the molecule is CNc1nc(-c2ncccn2)nc(C(C)C)c1I. The van der Waals surface area contributed by atoms with Crippen molar-refractivity contribution in [2.24, 2.45) is 0 Å². The van der Waals surface area contributed by atoms with Crippen molar-refractivity contribution in [1.29, 1.82) is 0 Å². The van der Waals surface area contributed by atoms with Gasteiger partial charge in [-0.1, -0.05) is 13.8 Å². The fourth-order valence-electron chi connectivity index (χ4n) is 1.53. The number of anilines is 1. The van der Waals surface area contributed by atoms with Gasteiger partial charge >= 0.3 is 0 Å². The quantitative estimate of drug-likeness (QED) is 0.858. The first-order valence-electron chi connectivity index (χ1n) is 5.66. The van der Waals surface area contributed by atoms with E-state index in [0.717, 1.165) is 15.1 Å². The highest BCUT2D eigenvalue weighted by Crippen LogP contribution is 2.26. The van der Waals surface area contributed by atoms with Crippen LogP contribution in [0, 0.1) is 3.57 Å². The summed E-state index contributed by atoms with van der Waals surface area (Å²) in [5.74, 6) is 2.25. The second-order valence-electron chi connectivity index (χ2n) is 4.07. The molecule has 18 heavy (non-hydrogen) atoms. The third kappa shape index (κ3) is 2.58. The van der Waals surface area contributed by atoms with Gasteiger partial charge in [0.1, 0.15) is 5.82 Å². The lowest BCUT2D eigenvalue weighted by atomic mass is 10.1. The summed E-state index contributed by atoms with van der Waals surface area (Å²) in [6.45, 7) is 4.22. The lowest BCUT2D eigenvalue weighted by molar-refractivity contribution is 0.807. The lowest BCUT2D eigenvalue weighted by Gasteiger charge is -2.12. The van der Waals surface area contributed by atoms with Crippen molar-refractivity contribution in [3.05, 3.63) is 27.7 Å². The van der Waals surface area contributed by atoms with Gasteiger partial charge in [-0.3, -0.25) is 0 Å². The molecule has 94 valence electrons. The van der Waals surface area contributed by atoms with Crippen molar-refractivity contribution in [2.45, 2.75) is 19.8 Å². The third-order valence-electron chi connectivity index (χ3n) is 2.43. The van der Waals surface area contributed by atoms with E-state index in [-0.39, 0.29) is 0 Å². The molecule has 1 N–H and O–H groups in total. The Balaban J connectivity index is 2.59. The molecule has 2 heterocycles. The Morgan fingerprint density at radius 2 is 1.78 bits per heavy atom. The Kier molecular flexibility index (Phi) is 4.05. The summed E-state index contributed by atoms with van der Waals surface area (Å²) >= 11 is 2.26. The Morgan fingerprint density at radius 3 is 2.33 bits per heavy atom. The van der Waals surface area contributed by atoms with Crippen molar-refractivity contribution in [3.8, 4) is 11.6 Å². The minimum absolute atomic E-state index is 0.328. The zero-order valence-electron chi connectivity index (χ0n) is 10.5. The van der Waals surface area contributed by atoms with Gasteiger partial charge in [0.05, 0.1) is 9.26 Å². The molecule has 0 aromatic carbocycles. The smallest absolute Gasteiger partial charge is 0.200 e. The van der Waals surface area contributed by atoms with E-state index in [2.05, 4.69) is 61.7 Å². The largest absolute Gasteiger partial charge is 0.372 e. The van der Waals surface area contributed by atoms with Crippen LogP contribution in [0.2, 0.25) is 0 Å². The predicted octanol–water partition coefficient (Wildman–Crippen LogP) is 2.70. The number of nitrogens with zero attached hydrogens (tertiary/aromatic N) is 4. The predicted molar refractivity (Wildman–Crippen MR) is 79.4 cm³/mol. The van der Waals surface area contributed by atoms with Gasteiger partial charge in [-0.05, 0) is 34.6 Å². The molecule has 0 radical (unpaired) electrons. The Bertz CT molecular complexity index is 542. The number of hydrogen-bond donors (Lipinski definition) is 1. The van der Waals surface area contributed by atoms with Crippen LogP contribution in [0.15, 0.2) is 18.5 Å². The van der Waals surface area contributed by atoms with Gasteiger partial charge in [0.25, 0.3) is 0 Å². The van der Waals surface area contributed by atoms with Gasteiger partial charge < -0.3 is 5.32 Å². The first-order valence-corrected chi connectivity index (χ1v) is 6.74. The van der Waals surface area contributed by atoms with Crippen molar-refractivity contribution < 1.29 is 0 Å². The maximum absolute atomic E-state index is 4.57. The maximum atomic E-state index is 4.57. The van der Waals surface area contributed by atoms with Crippen LogP contribution < -0.4 is 5.32 Å². The second kappa shape index (κ2) is 5.55.